The average molecular weight is 248 g/mol. The first kappa shape index (κ1) is 13.0. The number of hydrogen-bond donors (Lipinski definition) is 2. The zero-order valence-electron chi connectivity index (χ0n) is 8.28. The van der Waals surface area contributed by atoms with E-state index in [4.69, 9.17) is 10.2 Å². The van der Waals surface area contributed by atoms with Gasteiger partial charge in [0.25, 0.3) is 0 Å². The number of phenols is 2. The van der Waals surface area contributed by atoms with Gasteiger partial charge in [-0.05, 0) is 18.2 Å². The minimum Gasteiger partial charge on any atom is -0.504 e. The Morgan fingerprint density at radius 1 is 1.12 bits per heavy atom. The summed E-state index contributed by atoms with van der Waals surface area (Å²) in [6.07, 6.45) is -6.39. The second-order valence-electron chi connectivity index (χ2n) is 3.22. The molecule has 0 unspecified atom stereocenters. The minimum absolute atomic E-state index is 0.280. The Balaban J connectivity index is 2.84. The molecule has 0 heterocycles. The fraction of sp³-hybridized carbons (Fsp3) is 0.200. The molecular weight excluding hydrogens is 241 g/mol. The van der Waals surface area contributed by atoms with Crippen molar-refractivity contribution in [3.63, 3.8) is 0 Å². The maximum atomic E-state index is 11.9. The van der Waals surface area contributed by atoms with E-state index in [1.54, 1.807) is 0 Å². The number of phenolic OH excluding ortho intramolecular Hbond substituents is 2. The highest BCUT2D eigenvalue weighted by molar-refractivity contribution is 6.09. The summed E-state index contributed by atoms with van der Waals surface area (Å²) in [5.41, 5.74) is -0.280. The summed E-state index contributed by atoms with van der Waals surface area (Å²) in [4.78, 5) is 21.8. The summed E-state index contributed by atoms with van der Waals surface area (Å²) in [6, 6.07) is 2.75. The van der Waals surface area contributed by atoms with Crippen molar-refractivity contribution in [2.75, 3.05) is 0 Å². The maximum Gasteiger partial charge on any atom is 0.450 e. The summed E-state index contributed by atoms with van der Waals surface area (Å²) in [7, 11) is 0. The third-order valence-corrected chi connectivity index (χ3v) is 1.93. The zero-order chi connectivity index (χ0) is 13.2. The molecule has 0 atom stereocenters. The highest BCUT2D eigenvalue weighted by atomic mass is 19.4. The molecular formula is C10H7F3O4. The lowest BCUT2D eigenvalue weighted by Gasteiger charge is -2.05. The van der Waals surface area contributed by atoms with E-state index >= 15 is 0 Å². The molecule has 1 aromatic carbocycles. The van der Waals surface area contributed by atoms with E-state index in [1.165, 1.54) is 0 Å². The molecule has 7 heteroatoms. The van der Waals surface area contributed by atoms with E-state index in [0.717, 1.165) is 18.2 Å². The molecule has 4 nitrogen and oxygen atoms in total. The fourth-order valence-electron chi connectivity index (χ4n) is 1.04. The lowest BCUT2D eigenvalue weighted by molar-refractivity contribution is -0.170. The third kappa shape index (κ3) is 3.20. The molecule has 0 fully saturated rings. The highest BCUT2D eigenvalue weighted by Gasteiger charge is 2.39. The molecule has 0 spiro atoms. The van der Waals surface area contributed by atoms with E-state index in [2.05, 4.69) is 0 Å². The van der Waals surface area contributed by atoms with Crippen LogP contribution in [0.3, 0.4) is 0 Å². The average Bonchev–Trinajstić information content (AvgIpc) is 2.20. The molecule has 0 aliphatic rings. The van der Waals surface area contributed by atoms with Crippen LogP contribution < -0.4 is 0 Å². The van der Waals surface area contributed by atoms with E-state index in [1.807, 2.05) is 0 Å². The van der Waals surface area contributed by atoms with Gasteiger partial charge in [-0.2, -0.15) is 13.2 Å². The number of rotatable bonds is 3. The van der Waals surface area contributed by atoms with Gasteiger partial charge in [0.1, 0.15) is 0 Å². The number of ketones is 2. The third-order valence-electron chi connectivity index (χ3n) is 1.93. The summed E-state index contributed by atoms with van der Waals surface area (Å²) >= 11 is 0. The first-order chi connectivity index (χ1) is 7.71. The fourth-order valence-corrected chi connectivity index (χ4v) is 1.04. The molecule has 0 amide bonds. The Morgan fingerprint density at radius 2 is 1.71 bits per heavy atom. The standard InChI is InChI=1S/C10H7F3O4/c11-10(12,13)9(17)4-7(15)5-1-2-6(14)8(16)3-5/h1-3,14,16H,4H2. The smallest absolute Gasteiger partial charge is 0.450 e. The Hall–Kier alpha value is -2.05. The van der Waals surface area contributed by atoms with Crippen molar-refractivity contribution < 1.29 is 33.0 Å². The van der Waals surface area contributed by atoms with Crippen molar-refractivity contribution in [3.05, 3.63) is 23.8 Å². The van der Waals surface area contributed by atoms with Gasteiger partial charge in [0.15, 0.2) is 17.3 Å². The molecule has 0 aromatic heterocycles. The highest BCUT2D eigenvalue weighted by Crippen LogP contribution is 2.26. The predicted octanol–water partition coefficient (Wildman–Crippen LogP) is 1.80. The van der Waals surface area contributed by atoms with Gasteiger partial charge >= 0.3 is 6.18 Å². The summed E-state index contributed by atoms with van der Waals surface area (Å²) in [6.45, 7) is 0. The number of aromatic hydroxyl groups is 2. The number of carbonyl (C=O) groups excluding carboxylic acids is 2. The normalized spacial score (nSPS) is 11.2. The van der Waals surface area contributed by atoms with Crippen LogP contribution in [0.25, 0.3) is 0 Å². The number of halogens is 3. The first-order valence-electron chi connectivity index (χ1n) is 4.37. The van der Waals surface area contributed by atoms with E-state index in [-0.39, 0.29) is 5.56 Å². The van der Waals surface area contributed by atoms with Gasteiger partial charge in [0.05, 0.1) is 6.42 Å². The molecule has 0 saturated heterocycles. The summed E-state index contributed by atoms with van der Waals surface area (Å²) in [5.74, 6) is -4.39. The van der Waals surface area contributed by atoms with Crippen LogP contribution in [0, 0.1) is 0 Å². The van der Waals surface area contributed by atoms with Gasteiger partial charge in [-0.15, -0.1) is 0 Å². The Bertz CT molecular complexity index is 465. The molecule has 0 radical (unpaired) electrons. The van der Waals surface area contributed by atoms with Crippen molar-refractivity contribution in [3.8, 4) is 11.5 Å². The molecule has 92 valence electrons. The molecule has 2 N–H and O–H groups in total. The van der Waals surface area contributed by atoms with Crippen molar-refractivity contribution >= 4 is 11.6 Å². The quantitative estimate of drug-likeness (QED) is 0.486. The van der Waals surface area contributed by atoms with Crippen LogP contribution in [0.5, 0.6) is 11.5 Å². The van der Waals surface area contributed by atoms with Crippen LogP contribution in [0.4, 0.5) is 13.2 Å². The van der Waals surface area contributed by atoms with E-state index < -0.39 is 35.7 Å². The lowest BCUT2D eigenvalue weighted by Crippen LogP contribution is -2.25. The van der Waals surface area contributed by atoms with Crippen molar-refractivity contribution in [1.82, 2.24) is 0 Å². The lowest BCUT2D eigenvalue weighted by atomic mass is 10.1. The molecule has 0 saturated carbocycles. The van der Waals surface area contributed by atoms with Crippen LogP contribution in [0.15, 0.2) is 18.2 Å². The molecule has 0 aliphatic heterocycles. The predicted molar refractivity (Wildman–Crippen MR) is 49.8 cm³/mol. The second-order valence-corrected chi connectivity index (χ2v) is 3.22. The monoisotopic (exact) mass is 248 g/mol. The number of carbonyl (C=O) groups is 2. The van der Waals surface area contributed by atoms with Gasteiger partial charge in [-0.3, -0.25) is 9.59 Å². The molecule has 1 aromatic rings. The molecule has 0 bridgehead atoms. The molecule has 17 heavy (non-hydrogen) atoms. The van der Waals surface area contributed by atoms with Crippen molar-refractivity contribution in [2.24, 2.45) is 0 Å². The van der Waals surface area contributed by atoms with Crippen LogP contribution in [0.1, 0.15) is 16.8 Å². The van der Waals surface area contributed by atoms with Crippen LogP contribution in [0.2, 0.25) is 0 Å². The number of benzene rings is 1. The minimum atomic E-state index is -5.06. The Kier molecular flexibility index (Phi) is 3.40. The van der Waals surface area contributed by atoms with Gasteiger partial charge in [0, 0.05) is 5.56 Å². The number of hydrogen-bond acceptors (Lipinski definition) is 4. The molecule has 0 aliphatic carbocycles. The zero-order valence-corrected chi connectivity index (χ0v) is 8.28. The summed E-state index contributed by atoms with van der Waals surface area (Å²) < 4.78 is 35.6. The van der Waals surface area contributed by atoms with E-state index in [9.17, 15) is 22.8 Å². The Morgan fingerprint density at radius 3 is 2.18 bits per heavy atom. The summed E-state index contributed by atoms with van der Waals surface area (Å²) in [5, 5.41) is 18.0. The van der Waals surface area contributed by atoms with Gasteiger partial charge in [-0.1, -0.05) is 0 Å². The van der Waals surface area contributed by atoms with Gasteiger partial charge < -0.3 is 10.2 Å². The topological polar surface area (TPSA) is 74.6 Å². The van der Waals surface area contributed by atoms with Crippen molar-refractivity contribution in [1.29, 1.82) is 0 Å². The van der Waals surface area contributed by atoms with Gasteiger partial charge in [-0.25, -0.2) is 0 Å². The van der Waals surface area contributed by atoms with E-state index in [0.29, 0.717) is 0 Å². The van der Waals surface area contributed by atoms with Crippen molar-refractivity contribution in [2.45, 2.75) is 12.6 Å². The first-order valence-corrected chi connectivity index (χ1v) is 4.37. The number of alkyl halides is 3. The second kappa shape index (κ2) is 4.44. The number of Topliss-reactive ketones (excluding diaryl/α,β-unsaturated/α-hetero) is 2. The molecule has 1 rings (SSSR count). The van der Waals surface area contributed by atoms with Crippen LogP contribution in [-0.4, -0.2) is 28.0 Å². The maximum absolute atomic E-state index is 11.9. The van der Waals surface area contributed by atoms with Crippen LogP contribution >= 0.6 is 0 Å². The Labute approximate surface area is 93.3 Å². The van der Waals surface area contributed by atoms with Gasteiger partial charge in [0.2, 0.25) is 5.78 Å². The van der Waals surface area contributed by atoms with Crippen LogP contribution in [-0.2, 0) is 4.79 Å². The SMILES string of the molecule is O=C(CC(=O)C(F)(F)F)c1ccc(O)c(O)c1. The largest absolute Gasteiger partial charge is 0.504 e.